The molecule has 0 saturated heterocycles. The summed E-state index contributed by atoms with van der Waals surface area (Å²) in [5.74, 6) is -0.0296. The summed E-state index contributed by atoms with van der Waals surface area (Å²) in [6, 6.07) is 0. The van der Waals surface area contributed by atoms with Crippen LogP contribution in [0.2, 0.25) is 0 Å². The number of anilines is 1. The molecule has 0 bridgehead atoms. The van der Waals surface area contributed by atoms with Gasteiger partial charge in [-0.1, -0.05) is 6.92 Å². The molecule has 0 fully saturated rings. The fourth-order valence-electron chi connectivity index (χ4n) is 1.54. The summed E-state index contributed by atoms with van der Waals surface area (Å²) in [6.07, 6.45) is 3.12. The number of rotatable bonds is 5. The predicted molar refractivity (Wildman–Crippen MR) is 64.2 cm³/mol. The van der Waals surface area contributed by atoms with Crippen molar-refractivity contribution in [1.82, 2.24) is 15.3 Å². The van der Waals surface area contributed by atoms with E-state index in [1.54, 1.807) is 6.92 Å². The topological polar surface area (TPSA) is 101 Å². The van der Waals surface area contributed by atoms with Crippen molar-refractivity contribution in [2.45, 2.75) is 26.4 Å². The molecule has 0 aliphatic carbocycles. The number of hydrogen-bond acceptors (Lipinski definition) is 5. The van der Waals surface area contributed by atoms with Crippen molar-refractivity contribution in [3.8, 4) is 0 Å². The zero-order valence-electron chi connectivity index (χ0n) is 10.1. The van der Waals surface area contributed by atoms with Gasteiger partial charge in [0.05, 0.1) is 6.10 Å². The van der Waals surface area contributed by atoms with Gasteiger partial charge in [-0.05, 0) is 19.3 Å². The van der Waals surface area contributed by atoms with Crippen molar-refractivity contribution in [3.05, 3.63) is 18.1 Å². The number of carbonyl (C=O) groups excluding carboxylic acids is 1. The number of amides is 1. The molecule has 1 heterocycles. The smallest absolute Gasteiger partial charge is 0.273 e. The highest BCUT2D eigenvalue weighted by Gasteiger charge is 2.13. The lowest BCUT2D eigenvalue weighted by Crippen LogP contribution is -2.30. The van der Waals surface area contributed by atoms with E-state index in [0.717, 1.165) is 0 Å². The second kappa shape index (κ2) is 6.15. The maximum absolute atomic E-state index is 11.7. The Morgan fingerprint density at radius 2 is 2.12 bits per heavy atom. The van der Waals surface area contributed by atoms with Crippen LogP contribution in [-0.2, 0) is 0 Å². The molecule has 1 amide bonds. The summed E-state index contributed by atoms with van der Waals surface area (Å²) in [5.41, 5.74) is 5.67. The van der Waals surface area contributed by atoms with E-state index in [4.69, 9.17) is 5.73 Å². The van der Waals surface area contributed by atoms with Crippen LogP contribution in [0.5, 0.6) is 0 Å². The number of nitrogens with one attached hydrogen (secondary N) is 1. The van der Waals surface area contributed by atoms with Gasteiger partial charge in [0.2, 0.25) is 0 Å². The number of carbonyl (C=O) groups is 1. The van der Waals surface area contributed by atoms with E-state index in [2.05, 4.69) is 15.3 Å². The largest absolute Gasteiger partial charge is 0.393 e. The molecule has 94 valence electrons. The summed E-state index contributed by atoms with van der Waals surface area (Å²) in [4.78, 5) is 19.4. The van der Waals surface area contributed by atoms with Gasteiger partial charge < -0.3 is 16.2 Å². The van der Waals surface area contributed by atoms with E-state index < -0.39 is 0 Å². The summed E-state index contributed by atoms with van der Waals surface area (Å²) in [5, 5.41) is 11.9. The van der Waals surface area contributed by atoms with Gasteiger partial charge in [-0.15, -0.1) is 0 Å². The van der Waals surface area contributed by atoms with Gasteiger partial charge in [0, 0.05) is 18.9 Å². The van der Waals surface area contributed by atoms with Crippen molar-refractivity contribution in [3.63, 3.8) is 0 Å². The number of nitrogens with two attached hydrogens (primary N) is 1. The lowest BCUT2D eigenvalue weighted by Gasteiger charge is -2.14. The summed E-state index contributed by atoms with van der Waals surface area (Å²) >= 11 is 0. The van der Waals surface area contributed by atoms with Gasteiger partial charge in [-0.2, -0.15) is 0 Å². The standard InChI is InChI=1S/C11H18N4O2/c1-7(5-8(2)16)6-15-11(17)9-10(12)14-4-3-13-9/h3-4,7-8,16H,5-6H2,1-2H3,(H2,12,14)(H,15,17). The molecule has 4 N–H and O–H groups in total. The molecule has 0 aromatic carbocycles. The first kappa shape index (κ1) is 13.4. The molecule has 1 rings (SSSR count). The minimum atomic E-state index is -0.372. The Morgan fingerprint density at radius 1 is 1.47 bits per heavy atom. The van der Waals surface area contributed by atoms with Crippen LogP contribution in [0.25, 0.3) is 0 Å². The molecule has 2 unspecified atom stereocenters. The third kappa shape index (κ3) is 4.36. The first-order chi connectivity index (χ1) is 8.00. The van der Waals surface area contributed by atoms with E-state index in [0.29, 0.717) is 13.0 Å². The van der Waals surface area contributed by atoms with Crippen molar-refractivity contribution in [2.75, 3.05) is 12.3 Å². The monoisotopic (exact) mass is 238 g/mol. The minimum Gasteiger partial charge on any atom is -0.393 e. The van der Waals surface area contributed by atoms with Crippen LogP contribution in [0.1, 0.15) is 30.8 Å². The molecule has 0 saturated carbocycles. The highest BCUT2D eigenvalue weighted by molar-refractivity contribution is 5.96. The number of nitrogens with zero attached hydrogens (tertiary/aromatic N) is 2. The Labute approximate surface area is 100 Å². The maximum Gasteiger partial charge on any atom is 0.273 e. The minimum absolute atomic E-state index is 0.119. The second-order valence-corrected chi connectivity index (χ2v) is 4.19. The van der Waals surface area contributed by atoms with Gasteiger partial charge in [-0.3, -0.25) is 4.79 Å². The fourth-order valence-corrected chi connectivity index (χ4v) is 1.54. The van der Waals surface area contributed by atoms with Crippen molar-refractivity contribution in [2.24, 2.45) is 5.92 Å². The van der Waals surface area contributed by atoms with Crippen LogP contribution in [-0.4, -0.2) is 33.6 Å². The van der Waals surface area contributed by atoms with E-state index in [1.165, 1.54) is 12.4 Å². The Balaban J connectivity index is 2.48. The van der Waals surface area contributed by atoms with Crippen LogP contribution in [0.3, 0.4) is 0 Å². The predicted octanol–water partition coefficient (Wildman–Crippen LogP) is 0.196. The number of hydrogen-bond donors (Lipinski definition) is 3. The average Bonchev–Trinajstić information content (AvgIpc) is 2.25. The number of aliphatic hydroxyl groups excluding tert-OH is 1. The molecule has 2 atom stereocenters. The van der Waals surface area contributed by atoms with E-state index in [9.17, 15) is 9.90 Å². The quantitative estimate of drug-likeness (QED) is 0.680. The number of nitrogen functional groups attached to an aromatic ring is 1. The van der Waals surface area contributed by atoms with E-state index in [-0.39, 0.29) is 29.4 Å². The van der Waals surface area contributed by atoms with Crippen LogP contribution in [0, 0.1) is 5.92 Å². The molecular formula is C11H18N4O2. The Morgan fingerprint density at radius 3 is 2.71 bits per heavy atom. The SMILES string of the molecule is CC(O)CC(C)CNC(=O)c1nccnc1N. The number of aromatic nitrogens is 2. The molecular weight excluding hydrogens is 220 g/mol. The Bertz CT molecular complexity index is 381. The van der Waals surface area contributed by atoms with Gasteiger partial charge in [-0.25, -0.2) is 9.97 Å². The van der Waals surface area contributed by atoms with Crippen LogP contribution in [0.15, 0.2) is 12.4 Å². The lowest BCUT2D eigenvalue weighted by atomic mass is 10.0. The Kier molecular flexibility index (Phi) is 4.84. The molecule has 0 aliphatic heterocycles. The summed E-state index contributed by atoms with van der Waals surface area (Å²) in [6.45, 7) is 4.14. The van der Waals surface area contributed by atoms with Gasteiger partial charge >= 0.3 is 0 Å². The van der Waals surface area contributed by atoms with Crippen LogP contribution in [0.4, 0.5) is 5.82 Å². The first-order valence-electron chi connectivity index (χ1n) is 5.53. The molecule has 0 spiro atoms. The second-order valence-electron chi connectivity index (χ2n) is 4.19. The van der Waals surface area contributed by atoms with Gasteiger partial charge in [0.1, 0.15) is 0 Å². The molecule has 1 aromatic heterocycles. The molecule has 6 heteroatoms. The van der Waals surface area contributed by atoms with Gasteiger partial charge in [0.25, 0.3) is 5.91 Å². The molecule has 6 nitrogen and oxygen atoms in total. The Hall–Kier alpha value is -1.69. The molecule has 0 aliphatic rings. The average molecular weight is 238 g/mol. The highest BCUT2D eigenvalue weighted by atomic mass is 16.3. The van der Waals surface area contributed by atoms with Crippen molar-refractivity contribution in [1.29, 1.82) is 0 Å². The normalized spacial score (nSPS) is 14.1. The first-order valence-corrected chi connectivity index (χ1v) is 5.53. The molecule has 17 heavy (non-hydrogen) atoms. The third-order valence-electron chi connectivity index (χ3n) is 2.30. The summed E-state index contributed by atoms with van der Waals surface area (Å²) in [7, 11) is 0. The van der Waals surface area contributed by atoms with Crippen molar-refractivity contribution < 1.29 is 9.90 Å². The fraction of sp³-hybridized carbons (Fsp3) is 0.545. The highest BCUT2D eigenvalue weighted by Crippen LogP contribution is 2.06. The zero-order chi connectivity index (χ0) is 12.8. The van der Waals surface area contributed by atoms with Crippen molar-refractivity contribution >= 4 is 11.7 Å². The number of aliphatic hydroxyl groups is 1. The molecule has 1 aromatic rings. The van der Waals surface area contributed by atoms with Crippen LogP contribution < -0.4 is 11.1 Å². The van der Waals surface area contributed by atoms with E-state index in [1.807, 2.05) is 6.92 Å². The molecule has 0 radical (unpaired) electrons. The van der Waals surface area contributed by atoms with E-state index >= 15 is 0 Å². The lowest BCUT2D eigenvalue weighted by molar-refractivity contribution is 0.0935. The maximum atomic E-state index is 11.7. The van der Waals surface area contributed by atoms with Crippen LogP contribution >= 0.6 is 0 Å². The summed E-state index contributed by atoms with van der Waals surface area (Å²) < 4.78 is 0. The third-order valence-corrected chi connectivity index (χ3v) is 2.30. The zero-order valence-corrected chi connectivity index (χ0v) is 10.1. The van der Waals surface area contributed by atoms with Gasteiger partial charge in [0.15, 0.2) is 11.5 Å².